The molecule has 0 aliphatic rings. The van der Waals surface area contributed by atoms with Gasteiger partial charge >= 0.3 is 0 Å². The van der Waals surface area contributed by atoms with Gasteiger partial charge in [-0.1, -0.05) is 24.3 Å². The summed E-state index contributed by atoms with van der Waals surface area (Å²) < 4.78 is 31.8. The number of ether oxygens (including phenoxy) is 1. The van der Waals surface area contributed by atoms with Crippen molar-refractivity contribution in [3.05, 3.63) is 59.7 Å². The van der Waals surface area contributed by atoms with Gasteiger partial charge in [0.05, 0.1) is 12.9 Å². The highest BCUT2D eigenvalue weighted by atomic mass is 32.2. The summed E-state index contributed by atoms with van der Waals surface area (Å²) in [5.74, 6) is 0.627. The average molecular weight is 306 g/mol. The zero-order valence-corrected chi connectivity index (χ0v) is 12.6. The molecule has 0 aliphatic heterocycles. The maximum absolute atomic E-state index is 12.0. The van der Waals surface area contributed by atoms with E-state index < -0.39 is 10.0 Å². The molecule has 0 bridgehead atoms. The molecular weight excluding hydrogens is 288 g/mol. The van der Waals surface area contributed by atoms with Crippen LogP contribution < -0.4 is 15.2 Å². The van der Waals surface area contributed by atoms with Gasteiger partial charge in [0.1, 0.15) is 5.75 Å². The van der Waals surface area contributed by atoms with Crippen LogP contribution in [0.4, 0.5) is 5.69 Å². The monoisotopic (exact) mass is 306 g/mol. The van der Waals surface area contributed by atoms with E-state index in [-0.39, 0.29) is 12.3 Å². The molecule has 3 N–H and O–H groups in total. The molecule has 0 aliphatic carbocycles. The van der Waals surface area contributed by atoms with Gasteiger partial charge < -0.3 is 10.5 Å². The van der Waals surface area contributed by atoms with Gasteiger partial charge in [-0.05, 0) is 35.4 Å². The van der Waals surface area contributed by atoms with Crippen LogP contribution in [0.2, 0.25) is 0 Å². The number of hydrogen-bond donors (Lipinski definition) is 2. The van der Waals surface area contributed by atoms with E-state index in [1.54, 1.807) is 37.4 Å². The lowest BCUT2D eigenvalue weighted by Gasteiger charge is -2.08. The molecular formula is C15H18N2O3S. The highest BCUT2D eigenvalue weighted by Gasteiger charge is 2.11. The standard InChI is InChI=1S/C15H18N2O3S/c1-20-15-4-2-3-13(9-15)10-17-21(18,19)11-12-5-7-14(16)8-6-12/h2-9,17H,10-11,16H2,1H3. The first-order valence-corrected chi connectivity index (χ1v) is 8.08. The predicted molar refractivity (Wildman–Crippen MR) is 83.3 cm³/mol. The Bertz CT molecular complexity index is 697. The summed E-state index contributed by atoms with van der Waals surface area (Å²) in [6, 6.07) is 14.1. The zero-order valence-electron chi connectivity index (χ0n) is 11.7. The van der Waals surface area contributed by atoms with Crippen LogP contribution in [-0.2, 0) is 22.3 Å². The third-order valence-corrected chi connectivity index (χ3v) is 4.26. The lowest BCUT2D eigenvalue weighted by atomic mass is 10.2. The molecule has 112 valence electrons. The number of methoxy groups -OCH3 is 1. The summed E-state index contributed by atoms with van der Waals surface area (Å²) in [7, 11) is -1.82. The van der Waals surface area contributed by atoms with Crippen molar-refractivity contribution in [3.8, 4) is 5.75 Å². The minimum absolute atomic E-state index is 0.0722. The maximum Gasteiger partial charge on any atom is 0.216 e. The number of anilines is 1. The van der Waals surface area contributed by atoms with Crippen molar-refractivity contribution >= 4 is 15.7 Å². The minimum Gasteiger partial charge on any atom is -0.497 e. The summed E-state index contributed by atoms with van der Waals surface area (Å²) in [5, 5.41) is 0. The summed E-state index contributed by atoms with van der Waals surface area (Å²) in [4.78, 5) is 0. The molecule has 21 heavy (non-hydrogen) atoms. The molecule has 0 radical (unpaired) electrons. The number of benzene rings is 2. The van der Waals surface area contributed by atoms with Crippen LogP contribution in [0.1, 0.15) is 11.1 Å². The van der Waals surface area contributed by atoms with Gasteiger partial charge in [0.2, 0.25) is 10.0 Å². The molecule has 6 heteroatoms. The van der Waals surface area contributed by atoms with Gasteiger partial charge in [-0.15, -0.1) is 0 Å². The maximum atomic E-state index is 12.0. The van der Waals surface area contributed by atoms with Gasteiger partial charge in [-0.3, -0.25) is 0 Å². The summed E-state index contributed by atoms with van der Waals surface area (Å²) in [6.07, 6.45) is 0. The van der Waals surface area contributed by atoms with E-state index in [2.05, 4.69) is 4.72 Å². The van der Waals surface area contributed by atoms with Crippen LogP contribution >= 0.6 is 0 Å². The Morgan fingerprint density at radius 2 is 1.81 bits per heavy atom. The molecule has 5 nitrogen and oxygen atoms in total. The average Bonchev–Trinajstić information content (AvgIpc) is 2.48. The Morgan fingerprint density at radius 3 is 2.48 bits per heavy atom. The first kappa shape index (κ1) is 15.3. The van der Waals surface area contributed by atoms with Crippen molar-refractivity contribution < 1.29 is 13.2 Å². The molecule has 0 spiro atoms. The molecule has 0 heterocycles. The van der Waals surface area contributed by atoms with Crippen LogP contribution in [0.25, 0.3) is 0 Å². The highest BCUT2D eigenvalue weighted by Crippen LogP contribution is 2.13. The molecule has 2 aromatic carbocycles. The van der Waals surface area contributed by atoms with E-state index in [4.69, 9.17) is 10.5 Å². The molecule has 2 aromatic rings. The van der Waals surface area contributed by atoms with E-state index in [0.29, 0.717) is 17.0 Å². The second-order valence-electron chi connectivity index (χ2n) is 4.67. The largest absolute Gasteiger partial charge is 0.497 e. The third kappa shape index (κ3) is 4.77. The molecule has 0 unspecified atom stereocenters. The lowest BCUT2D eigenvalue weighted by molar-refractivity contribution is 0.414. The van der Waals surface area contributed by atoms with Gasteiger partial charge in [0.25, 0.3) is 0 Å². The minimum atomic E-state index is -3.40. The topological polar surface area (TPSA) is 81.4 Å². The molecule has 0 saturated heterocycles. The number of sulfonamides is 1. The van der Waals surface area contributed by atoms with Gasteiger partial charge in [0.15, 0.2) is 0 Å². The predicted octanol–water partition coefficient (Wildman–Crippen LogP) is 1.90. The smallest absolute Gasteiger partial charge is 0.216 e. The number of nitrogens with two attached hydrogens (primary N) is 1. The molecule has 0 amide bonds. The first-order chi connectivity index (χ1) is 9.98. The van der Waals surface area contributed by atoms with Crippen molar-refractivity contribution in [3.63, 3.8) is 0 Å². The highest BCUT2D eigenvalue weighted by molar-refractivity contribution is 7.88. The SMILES string of the molecule is COc1cccc(CNS(=O)(=O)Cc2ccc(N)cc2)c1. The van der Waals surface area contributed by atoms with Crippen LogP contribution in [0.3, 0.4) is 0 Å². The number of nitrogen functional groups attached to an aromatic ring is 1. The summed E-state index contributed by atoms with van der Waals surface area (Å²) >= 11 is 0. The van der Waals surface area contributed by atoms with Crippen molar-refractivity contribution in [1.29, 1.82) is 0 Å². The summed E-state index contributed by atoms with van der Waals surface area (Å²) in [6.45, 7) is 0.231. The Kier molecular flexibility index (Phi) is 4.82. The molecule has 0 fully saturated rings. The number of nitrogens with one attached hydrogen (secondary N) is 1. The molecule has 0 atom stereocenters. The number of hydrogen-bond acceptors (Lipinski definition) is 4. The normalized spacial score (nSPS) is 11.3. The molecule has 2 rings (SSSR count). The van der Waals surface area contributed by atoms with Gasteiger partial charge in [-0.25, -0.2) is 13.1 Å². The fourth-order valence-corrected chi connectivity index (χ4v) is 2.98. The van der Waals surface area contributed by atoms with Gasteiger partial charge in [0, 0.05) is 12.2 Å². The van der Waals surface area contributed by atoms with E-state index >= 15 is 0 Å². The van der Waals surface area contributed by atoms with Crippen molar-refractivity contribution in [2.45, 2.75) is 12.3 Å². The van der Waals surface area contributed by atoms with Crippen molar-refractivity contribution in [2.75, 3.05) is 12.8 Å². The van der Waals surface area contributed by atoms with Crippen molar-refractivity contribution in [2.24, 2.45) is 0 Å². The Morgan fingerprint density at radius 1 is 1.10 bits per heavy atom. The van der Waals surface area contributed by atoms with Crippen LogP contribution in [-0.4, -0.2) is 15.5 Å². The summed E-state index contributed by atoms with van der Waals surface area (Å²) in [5.41, 5.74) is 7.73. The van der Waals surface area contributed by atoms with Crippen LogP contribution in [0.5, 0.6) is 5.75 Å². The molecule has 0 saturated carbocycles. The second-order valence-corrected chi connectivity index (χ2v) is 6.48. The third-order valence-electron chi connectivity index (χ3n) is 2.97. The van der Waals surface area contributed by atoms with Crippen LogP contribution in [0, 0.1) is 0 Å². The second kappa shape index (κ2) is 6.60. The first-order valence-electron chi connectivity index (χ1n) is 6.43. The zero-order chi connectivity index (χ0) is 15.3. The fourth-order valence-electron chi connectivity index (χ4n) is 1.86. The Hall–Kier alpha value is -2.05. The Labute approximate surface area is 124 Å². The molecule has 0 aromatic heterocycles. The number of rotatable bonds is 6. The lowest BCUT2D eigenvalue weighted by Crippen LogP contribution is -2.24. The Balaban J connectivity index is 1.99. The fraction of sp³-hybridized carbons (Fsp3) is 0.200. The van der Waals surface area contributed by atoms with Gasteiger partial charge in [-0.2, -0.15) is 0 Å². The van der Waals surface area contributed by atoms with Crippen molar-refractivity contribution in [1.82, 2.24) is 4.72 Å². The van der Waals surface area contributed by atoms with E-state index in [1.807, 2.05) is 18.2 Å². The van der Waals surface area contributed by atoms with E-state index in [9.17, 15) is 8.42 Å². The van der Waals surface area contributed by atoms with Crippen LogP contribution in [0.15, 0.2) is 48.5 Å². The quantitative estimate of drug-likeness (QED) is 0.799. The van der Waals surface area contributed by atoms with E-state index in [0.717, 1.165) is 5.56 Å². The van der Waals surface area contributed by atoms with E-state index in [1.165, 1.54) is 0 Å².